The summed E-state index contributed by atoms with van der Waals surface area (Å²) >= 11 is 0. The minimum absolute atomic E-state index is 0.00565. The second-order valence-corrected chi connectivity index (χ2v) is 9.79. The second-order valence-electron chi connectivity index (χ2n) is 7.68. The molecule has 2 aromatic rings. The number of rotatable bonds is 7. The van der Waals surface area contributed by atoms with E-state index in [1.165, 1.54) is 12.8 Å². The molecule has 0 radical (unpaired) electrons. The van der Waals surface area contributed by atoms with Gasteiger partial charge in [0.25, 0.3) is 0 Å². The third kappa shape index (κ3) is 5.19. The highest BCUT2D eigenvalue weighted by Gasteiger charge is 2.24. The summed E-state index contributed by atoms with van der Waals surface area (Å²) in [4.78, 5) is 12.4. The first kappa shape index (κ1) is 19.6. The quantitative estimate of drug-likeness (QED) is 0.785. The zero-order valence-electron chi connectivity index (χ0n) is 15.9. The predicted molar refractivity (Wildman–Crippen MR) is 107 cm³/mol. The van der Waals surface area contributed by atoms with Crippen LogP contribution in [0.3, 0.4) is 0 Å². The fourth-order valence-electron chi connectivity index (χ4n) is 3.62. The number of hydrogen-bond acceptors (Lipinski definition) is 4. The Morgan fingerprint density at radius 2 is 1.89 bits per heavy atom. The van der Waals surface area contributed by atoms with Gasteiger partial charge in [0.2, 0.25) is 5.91 Å². The van der Waals surface area contributed by atoms with E-state index in [-0.39, 0.29) is 11.7 Å². The van der Waals surface area contributed by atoms with Crippen molar-refractivity contribution < 1.29 is 13.2 Å². The molecule has 1 amide bonds. The van der Waals surface area contributed by atoms with Gasteiger partial charge in [-0.25, -0.2) is 13.1 Å². The maximum Gasteiger partial charge on any atom is 0.240 e. The molecule has 0 unspecified atom stereocenters. The average molecular weight is 390 g/mol. The lowest BCUT2D eigenvalue weighted by Crippen LogP contribution is -2.27. The number of carbonyl (C=O) groups is 1. The Morgan fingerprint density at radius 1 is 1.22 bits per heavy atom. The van der Waals surface area contributed by atoms with E-state index < -0.39 is 21.5 Å². The zero-order chi connectivity index (χ0) is 19.4. The van der Waals surface area contributed by atoms with E-state index in [0.29, 0.717) is 11.7 Å². The SMILES string of the molecule is CC(C)CS(=O)(=O)CC(=O)Nc1cc(C2CCCC2)nn1-c1ccccc1. The summed E-state index contributed by atoms with van der Waals surface area (Å²) in [5.74, 6) is -0.115. The molecule has 1 N–H and O–H groups in total. The van der Waals surface area contributed by atoms with Gasteiger partial charge in [-0.05, 0) is 30.9 Å². The summed E-state index contributed by atoms with van der Waals surface area (Å²) in [6.45, 7) is 3.65. The molecule has 1 aromatic carbocycles. The van der Waals surface area contributed by atoms with Crippen LogP contribution in [0.4, 0.5) is 5.82 Å². The van der Waals surface area contributed by atoms with Crippen molar-refractivity contribution in [2.24, 2.45) is 5.92 Å². The van der Waals surface area contributed by atoms with Crippen LogP contribution in [-0.2, 0) is 14.6 Å². The van der Waals surface area contributed by atoms with E-state index in [4.69, 9.17) is 5.10 Å². The number of aromatic nitrogens is 2. The van der Waals surface area contributed by atoms with Crippen LogP contribution in [0.2, 0.25) is 0 Å². The van der Waals surface area contributed by atoms with Gasteiger partial charge in [-0.1, -0.05) is 44.9 Å². The fraction of sp³-hybridized carbons (Fsp3) is 0.500. The third-order valence-electron chi connectivity index (χ3n) is 4.71. The van der Waals surface area contributed by atoms with E-state index in [1.54, 1.807) is 4.68 Å². The first-order valence-corrected chi connectivity index (χ1v) is 11.3. The highest BCUT2D eigenvalue weighted by atomic mass is 32.2. The van der Waals surface area contributed by atoms with Crippen molar-refractivity contribution in [3.63, 3.8) is 0 Å². The Balaban J connectivity index is 1.84. The molecule has 1 fully saturated rings. The van der Waals surface area contributed by atoms with Gasteiger partial charge in [-0.3, -0.25) is 4.79 Å². The highest BCUT2D eigenvalue weighted by molar-refractivity contribution is 7.92. The lowest BCUT2D eigenvalue weighted by atomic mass is 10.0. The summed E-state index contributed by atoms with van der Waals surface area (Å²) < 4.78 is 26.0. The molecule has 146 valence electrons. The number of sulfone groups is 1. The maximum absolute atomic E-state index is 12.4. The van der Waals surface area contributed by atoms with Crippen molar-refractivity contribution >= 4 is 21.6 Å². The fourth-order valence-corrected chi connectivity index (χ4v) is 5.23. The standard InChI is InChI=1S/C20H27N3O3S/c1-15(2)13-27(25,26)14-20(24)21-19-12-18(16-8-6-7-9-16)22-23(19)17-10-4-3-5-11-17/h3-5,10-12,15-16H,6-9,13-14H2,1-2H3,(H,21,24). The van der Waals surface area contributed by atoms with Crippen molar-refractivity contribution in [3.8, 4) is 5.69 Å². The molecular weight excluding hydrogens is 362 g/mol. The Kier molecular flexibility index (Phi) is 5.99. The normalized spacial score (nSPS) is 15.4. The molecular formula is C20H27N3O3S. The number of nitrogens with zero attached hydrogens (tertiary/aromatic N) is 2. The largest absolute Gasteiger partial charge is 0.310 e. The average Bonchev–Trinajstić information content (AvgIpc) is 3.23. The molecule has 0 saturated heterocycles. The van der Waals surface area contributed by atoms with Crippen LogP contribution in [0.15, 0.2) is 36.4 Å². The van der Waals surface area contributed by atoms with E-state index in [2.05, 4.69) is 5.32 Å². The smallest absolute Gasteiger partial charge is 0.240 e. The molecule has 0 atom stereocenters. The van der Waals surface area contributed by atoms with Gasteiger partial charge in [0.1, 0.15) is 11.6 Å². The Morgan fingerprint density at radius 3 is 2.52 bits per heavy atom. The number of benzene rings is 1. The van der Waals surface area contributed by atoms with E-state index in [1.807, 2.05) is 50.2 Å². The van der Waals surface area contributed by atoms with Crippen LogP contribution >= 0.6 is 0 Å². The number of carbonyl (C=O) groups excluding carboxylic acids is 1. The lowest BCUT2D eigenvalue weighted by molar-refractivity contribution is -0.113. The lowest BCUT2D eigenvalue weighted by Gasteiger charge is -2.10. The molecule has 1 aliphatic carbocycles. The van der Waals surface area contributed by atoms with Crippen LogP contribution in [0, 0.1) is 5.92 Å². The van der Waals surface area contributed by atoms with Crippen molar-refractivity contribution in [2.45, 2.75) is 45.4 Å². The first-order chi connectivity index (χ1) is 12.8. The number of amides is 1. The maximum atomic E-state index is 12.4. The van der Waals surface area contributed by atoms with Crippen LogP contribution in [0.25, 0.3) is 5.69 Å². The van der Waals surface area contributed by atoms with Crippen LogP contribution in [0.1, 0.15) is 51.1 Å². The number of nitrogens with one attached hydrogen (secondary N) is 1. The Labute approximate surface area is 160 Å². The van der Waals surface area contributed by atoms with Gasteiger partial charge < -0.3 is 5.32 Å². The highest BCUT2D eigenvalue weighted by Crippen LogP contribution is 2.35. The minimum Gasteiger partial charge on any atom is -0.310 e. The molecule has 7 heteroatoms. The predicted octanol–water partition coefficient (Wildman–Crippen LogP) is 3.54. The summed E-state index contributed by atoms with van der Waals surface area (Å²) in [6, 6.07) is 11.4. The van der Waals surface area contributed by atoms with Crippen molar-refractivity contribution in [3.05, 3.63) is 42.1 Å². The molecule has 0 aliphatic heterocycles. The monoisotopic (exact) mass is 389 g/mol. The molecule has 3 rings (SSSR count). The summed E-state index contributed by atoms with van der Waals surface area (Å²) in [7, 11) is -3.43. The molecule has 0 spiro atoms. The summed E-state index contributed by atoms with van der Waals surface area (Å²) in [6.07, 6.45) is 4.58. The van der Waals surface area contributed by atoms with E-state index >= 15 is 0 Å². The number of para-hydroxylation sites is 1. The molecule has 1 saturated carbocycles. The Hall–Kier alpha value is -2.15. The van der Waals surface area contributed by atoms with E-state index in [0.717, 1.165) is 24.2 Å². The first-order valence-electron chi connectivity index (χ1n) is 9.50. The second kappa shape index (κ2) is 8.25. The van der Waals surface area contributed by atoms with Gasteiger partial charge in [-0.15, -0.1) is 0 Å². The van der Waals surface area contributed by atoms with Gasteiger partial charge in [-0.2, -0.15) is 5.10 Å². The van der Waals surface area contributed by atoms with Gasteiger partial charge in [0.15, 0.2) is 9.84 Å². The minimum atomic E-state index is -3.43. The molecule has 1 heterocycles. The third-order valence-corrected chi connectivity index (χ3v) is 6.58. The van der Waals surface area contributed by atoms with Crippen molar-refractivity contribution in [2.75, 3.05) is 16.8 Å². The van der Waals surface area contributed by atoms with Gasteiger partial charge in [0, 0.05) is 12.0 Å². The van der Waals surface area contributed by atoms with Crippen LogP contribution in [-0.4, -0.2) is 35.6 Å². The molecule has 0 bridgehead atoms. The zero-order valence-corrected chi connectivity index (χ0v) is 16.7. The molecule has 1 aliphatic rings. The van der Waals surface area contributed by atoms with Crippen LogP contribution < -0.4 is 5.32 Å². The topological polar surface area (TPSA) is 81.1 Å². The number of anilines is 1. The number of hydrogen-bond donors (Lipinski definition) is 1. The molecule has 6 nitrogen and oxygen atoms in total. The summed E-state index contributed by atoms with van der Waals surface area (Å²) in [5.41, 5.74) is 1.79. The van der Waals surface area contributed by atoms with Gasteiger partial charge >= 0.3 is 0 Å². The van der Waals surface area contributed by atoms with Gasteiger partial charge in [0.05, 0.1) is 17.1 Å². The summed E-state index contributed by atoms with van der Waals surface area (Å²) in [5, 5.41) is 7.48. The van der Waals surface area contributed by atoms with E-state index in [9.17, 15) is 13.2 Å². The molecule has 27 heavy (non-hydrogen) atoms. The van der Waals surface area contributed by atoms with Crippen LogP contribution in [0.5, 0.6) is 0 Å². The Bertz CT molecular complexity index is 882. The molecule has 1 aromatic heterocycles. The van der Waals surface area contributed by atoms with Crippen molar-refractivity contribution in [1.82, 2.24) is 9.78 Å². The van der Waals surface area contributed by atoms with Crippen molar-refractivity contribution in [1.29, 1.82) is 0 Å².